The normalized spacial score (nSPS) is 11.9. The van der Waals surface area contributed by atoms with Gasteiger partial charge in [0, 0.05) is 10.9 Å². The fourth-order valence-corrected chi connectivity index (χ4v) is 3.81. The number of nitrogens with zero attached hydrogens (tertiary/aromatic N) is 1. The third-order valence-corrected chi connectivity index (χ3v) is 4.57. The van der Waals surface area contributed by atoms with Crippen LogP contribution < -0.4 is 0 Å². The van der Waals surface area contributed by atoms with E-state index in [4.69, 9.17) is 11.6 Å². The van der Waals surface area contributed by atoms with Crippen molar-refractivity contribution in [2.24, 2.45) is 0 Å². The molecule has 102 valence electrons. The van der Waals surface area contributed by atoms with Gasteiger partial charge in [-0.15, -0.1) is 0 Å². The van der Waals surface area contributed by atoms with Crippen molar-refractivity contribution in [3.8, 4) is 11.3 Å². The van der Waals surface area contributed by atoms with E-state index in [0.717, 1.165) is 10.9 Å². The Labute approximate surface area is 122 Å². The van der Waals surface area contributed by atoms with Gasteiger partial charge in [0.15, 0.2) is 0 Å². The Morgan fingerprint density at radius 3 is 2.20 bits per heavy atom. The quantitative estimate of drug-likeness (QED) is 0.723. The number of rotatable bonds is 2. The molecule has 3 aromatic rings. The molecule has 2 aromatic carbocycles. The zero-order valence-electron chi connectivity index (χ0n) is 10.7. The smallest absolute Gasteiger partial charge is 0.236 e. The van der Waals surface area contributed by atoms with Gasteiger partial charge in [-0.3, -0.25) is 0 Å². The van der Waals surface area contributed by atoms with E-state index in [0.29, 0.717) is 16.2 Å². The number of halogens is 1. The molecule has 0 N–H and O–H groups in total. The molecule has 0 unspecified atom stereocenters. The number of benzene rings is 2. The molecule has 0 aliphatic carbocycles. The van der Waals surface area contributed by atoms with Crippen LogP contribution in [0.25, 0.3) is 22.2 Å². The lowest BCUT2D eigenvalue weighted by Crippen LogP contribution is -2.11. The first-order chi connectivity index (χ1) is 9.50. The summed E-state index contributed by atoms with van der Waals surface area (Å²) in [6.45, 7) is 0. The molecular weight excluding hydrogens is 294 g/mol. The largest absolute Gasteiger partial charge is 0.236 e. The predicted octanol–water partition coefficient (Wildman–Crippen LogP) is 3.77. The minimum atomic E-state index is -3.46. The first kappa shape index (κ1) is 13.2. The maximum absolute atomic E-state index is 12.2. The highest BCUT2D eigenvalue weighted by atomic mass is 35.5. The van der Waals surface area contributed by atoms with E-state index in [1.165, 1.54) is 10.2 Å². The Hall–Kier alpha value is -1.78. The van der Waals surface area contributed by atoms with E-state index in [1.807, 2.05) is 42.5 Å². The number of para-hydroxylation sites is 1. The molecule has 0 spiro atoms. The highest BCUT2D eigenvalue weighted by molar-refractivity contribution is 7.89. The summed E-state index contributed by atoms with van der Waals surface area (Å²) in [6.07, 6.45) is 1.18. The lowest BCUT2D eigenvalue weighted by atomic mass is 10.1. The topological polar surface area (TPSA) is 39.1 Å². The summed E-state index contributed by atoms with van der Waals surface area (Å²) >= 11 is 6.42. The monoisotopic (exact) mass is 305 g/mol. The third-order valence-electron chi connectivity index (χ3n) is 3.15. The molecule has 0 aliphatic heterocycles. The molecule has 3 nitrogen and oxygen atoms in total. The molecule has 0 saturated carbocycles. The molecule has 0 atom stereocenters. The number of fused-ring (bicyclic) bond motifs is 1. The van der Waals surface area contributed by atoms with Crippen LogP contribution in [-0.4, -0.2) is 18.6 Å². The molecule has 1 heterocycles. The van der Waals surface area contributed by atoms with E-state index in [2.05, 4.69) is 0 Å². The predicted molar refractivity (Wildman–Crippen MR) is 82.6 cm³/mol. The molecule has 3 rings (SSSR count). The maximum atomic E-state index is 12.2. The second kappa shape index (κ2) is 4.65. The summed E-state index contributed by atoms with van der Waals surface area (Å²) in [5.41, 5.74) is 1.88. The van der Waals surface area contributed by atoms with E-state index in [9.17, 15) is 8.42 Å². The number of hydrogen-bond donors (Lipinski definition) is 0. The van der Waals surface area contributed by atoms with E-state index < -0.39 is 10.0 Å². The minimum Gasteiger partial charge on any atom is -0.236 e. The van der Waals surface area contributed by atoms with E-state index >= 15 is 0 Å². The van der Waals surface area contributed by atoms with Gasteiger partial charge < -0.3 is 0 Å². The van der Waals surface area contributed by atoms with Gasteiger partial charge in [-0.1, -0.05) is 60.1 Å². The fraction of sp³-hybridized carbons (Fsp3) is 0.0667. The highest BCUT2D eigenvalue weighted by Crippen LogP contribution is 2.38. The molecule has 0 saturated heterocycles. The van der Waals surface area contributed by atoms with Gasteiger partial charge in [0.2, 0.25) is 10.0 Å². The summed E-state index contributed by atoms with van der Waals surface area (Å²) < 4.78 is 25.6. The van der Waals surface area contributed by atoms with Crippen molar-refractivity contribution in [1.29, 1.82) is 0 Å². The van der Waals surface area contributed by atoms with Crippen LogP contribution in [0.5, 0.6) is 0 Å². The van der Waals surface area contributed by atoms with Crippen LogP contribution >= 0.6 is 11.6 Å². The van der Waals surface area contributed by atoms with Crippen LogP contribution in [0.2, 0.25) is 5.02 Å². The van der Waals surface area contributed by atoms with Gasteiger partial charge in [-0.05, 0) is 6.07 Å². The summed E-state index contributed by atoms with van der Waals surface area (Å²) in [6, 6.07) is 16.5. The molecule has 0 amide bonds. The highest BCUT2D eigenvalue weighted by Gasteiger charge is 2.22. The molecular formula is C15H12ClNO2S. The van der Waals surface area contributed by atoms with Crippen LogP contribution in [0.3, 0.4) is 0 Å². The van der Waals surface area contributed by atoms with Crippen LogP contribution in [-0.2, 0) is 10.0 Å². The SMILES string of the molecule is CS(=O)(=O)n1c(-c2ccccc2)c(Cl)c2ccccc21. The van der Waals surface area contributed by atoms with E-state index in [-0.39, 0.29) is 0 Å². The van der Waals surface area contributed by atoms with Gasteiger partial charge >= 0.3 is 0 Å². The Bertz CT molecular complexity index is 883. The second-order valence-corrected chi connectivity index (χ2v) is 6.78. The van der Waals surface area contributed by atoms with Crippen LogP contribution in [0.1, 0.15) is 0 Å². The molecule has 1 aromatic heterocycles. The zero-order valence-corrected chi connectivity index (χ0v) is 12.3. The molecule has 0 radical (unpaired) electrons. The van der Waals surface area contributed by atoms with Gasteiger partial charge in [-0.2, -0.15) is 0 Å². The summed E-state index contributed by atoms with van der Waals surface area (Å²) in [4.78, 5) is 0. The van der Waals surface area contributed by atoms with Crippen molar-refractivity contribution < 1.29 is 8.42 Å². The molecule has 20 heavy (non-hydrogen) atoms. The van der Waals surface area contributed by atoms with Crippen LogP contribution in [0, 0.1) is 0 Å². The molecule has 0 bridgehead atoms. The van der Waals surface area contributed by atoms with Gasteiger partial charge in [0.1, 0.15) is 0 Å². The fourth-order valence-electron chi connectivity index (χ4n) is 2.36. The van der Waals surface area contributed by atoms with Crippen molar-refractivity contribution >= 4 is 32.5 Å². The Balaban J connectivity index is 2.51. The first-order valence-corrected chi connectivity index (χ1v) is 8.27. The van der Waals surface area contributed by atoms with Crippen molar-refractivity contribution in [2.45, 2.75) is 0 Å². The van der Waals surface area contributed by atoms with Crippen LogP contribution in [0.4, 0.5) is 0 Å². The van der Waals surface area contributed by atoms with Crippen molar-refractivity contribution in [2.75, 3.05) is 6.26 Å². The van der Waals surface area contributed by atoms with E-state index in [1.54, 1.807) is 12.1 Å². The molecule has 0 fully saturated rings. The number of hydrogen-bond acceptors (Lipinski definition) is 2. The Morgan fingerprint density at radius 1 is 0.950 bits per heavy atom. The average molecular weight is 306 g/mol. The standard InChI is InChI=1S/C15H12ClNO2S/c1-20(18,19)17-13-10-6-5-9-12(13)14(16)15(17)11-7-3-2-4-8-11/h2-10H,1H3. The van der Waals surface area contributed by atoms with Gasteiger partial charge in [0.05, 0.1) is 22.5 Å². The van der Waals surface area contributed by atoms with Crippen LogP contribution in [0.15, 0.2) is 54.6 Å². The molecule has 0 aliphatic rings. The third kappa shape index (κ3) is 2.01. The minimum absolute atomic E-state index is 0.456. The summed E-state index contributed by atoms with van der Waals surface area (Å²) in [7, 11) is -3.46. The lowest BCUT2D eigenvalue weighted by Gasteiger charge is -2.08. The number of aromatic nitrogens is 1. The Kier molecular flexibility index (Phi) is 3.07. The van der Waals surface area contributed by atoms with Gasteiger partial charge in [0.25, 0.3) is 0 Å². The van der Waals surface area contributed by atoms with Crippen molar-refractivity contribution in [3.63, 3.8) is 0 Å². The Morgan fingerprint density at radius 2 is 1.55 bits per heavy atom. The summed E-state index contributed by atoms with van der Waals surface area (Å²) in [5.74, 6) is 0. The lowest BCUT2D eigenvalue weighted by molar-refractivity contribution is 0.595. The summed E-state index contributed by atoms with van der Waals surface area (Å²) in [5, 5.41) is 1.19. The second-order valence-electron chi connectivity index (χ2n) is 4.57. The van der Waals surface area contributed by atoms with Crippen molar-refractivity contribution in [1.82, 2.24) is 3.97 Å². The first-order valence-electron chi connectivity index (χ1n) is 6.05. The maximum Gasteiger partial charge on any atom is 0.236 e. The zero-order chi connectivity index (χ0) is 14.3. The average Bonchev–Trinajstić information content (AvgIpc) is 2.73. The molecule has 5 heteroatoms. The van der Waals surface area contributed by atoms with Crippen molar-refractivity contribution in [3.05, 3.63) is 59.6 Å². The van der Waals surface area contributed by atoms with Gasteiger partial charge in [-0.25, -0.2) is 12.4 Å².